The molecule has 0 spiro atoms. The number of tetrazole rings is 1. The van der Waals surface area contributed by atoms with E-state index >= 15 is 0 Å². The Labute approximate surface area is 153 Å². The number of hydrogen-bond acceptors (Lipinski definition) is 6. The van der Waals surface area contributed by atoms with E-state index < -0.39 is 12.0 Å². The minimum absolute atomic E-state index is 0.0432. The van der Waals surface area contributed by atoms with Crippen molar-refractivity contribution in [2.75, 3.05) is 7.11 Å². The quantitative estimate of drug-likeness (QED) is 0.479. The first kappa shape index (κ1) is 16.9. The van der Waals surface area contributed by atoms with Gasteiger partial charge >= 0.3 is 0 Å². The number of ether oxygens (including phenoxy) is 1. The number of carbonyl (C=O) groups excluding carboxylic acids is 1. The van der Waals surface area contributed by atoms with Gasteiger partial charge in [0.2, 0.25) is 11.7 Å². The maximum Gasteiger partial charge on any atom is 0.220 e. The molecule has 2 aromatic heterocycles. The topological polar surface area (TPSA) is 135 Å². The van der Waals surface area contributed by atoms with Gasteiger partial charge in [0.05, 0.1) is 18.0 Å². The molecular weight excluding hydrogens is 346 g/mol. The van der Waals surface area contributed by atoms with Crippen molar-refractivity contribution in [1.29, 1.82) is 0 Å². The van der Waals surface area contributed by atoms with Crippen LogP contribution in [0.3, 0.4) is 0 Å². The monoisotopic (exact) mass is 363 g/mol. The summed E-state index contributed by atoms with van der Waals surface area (Å²) in [5, 5.41) is 22.5. The summed E-state index contributed by atoms with van der Waals surface area (Å²) < 4.78 is 5.57. The predicted molar refractivity (Wildman–Crippen MR) is 98.3 cm³/mol. The summed E-state index contributed by atoms with van der Waals surface area (Å²) in [5.74, 6) is -0.00624. The Hall–Kier alpha value is -3.59. The van der Waals surface area contributed by atoms with E-state index in [4.69, 9.17) is 10.5 Å². The molecular formula is C18H17N7O2. The summed E-state index contributed by atoms with van der Waals surface area (Å²) in [6.45, 7) is 0. The van der Waals surface area contributed by atoms with Crippen LogP contribution in [-0.2, 0) is 9.53 Å². The molecule has 1 amide bonds. The Morgan fingerprint density at radius 2 is 2.07 bits per heavy atom. The molecule has 4 aromatic rings. The number of rotatable bonds is 6. The lowest BCUT2D eigenvalue weighted by atomic mass is 9.94. The lowest BCUT2D eigenvalue weighted by molar-refractivity contribution is -0.120. The number of para-hydroxylation sites is 1. The molecule has 0 saturated carbocycles. The second-order valence-corrected chi connectivity index (χ2v) is 6.05. The maximum atomic E-state index is 11.5. The van der Waals surface area contributed by atoms with Crippen molar-refractivity contribution in [2.24, 2.45) is 5.73 Å². The number of aromatic amines is 2. The number of benzene rings is 2. The molecule has 9 nitrogen and oxygen atoms in total. The van der Waals surface area contributed by atoms with Crippen molar-refractivity contribution in [3.05, 3.63) is 48.0 Å². The van der Waals surface area contributed by atoms with Crippen LogP contribution in [0.1, 0.15) is 18.1 Å². The molecule has 0 aliphatic heterocycles. The number of amides is 1. The first-order valence-corrected chi connectivity index (χ1v) is 8.29. The number of nitrogens with one attached hydrogen (secondary N) is 2. The molecule has 2 heterocycles. The third-order valence-corrected chi connectivity index (χ3v) is 4.40. The van der Waals surface area contributed by atoms with Crippen LogP contribution in [0.2, 0.25) is 0 Å². The number of nitrogens with zero attached hydrogens (tertiary/aromatic N) is 4. The smallest absolute Gasteiger partial charge is 0.220 e. The molecule has 0 aliphatic carbocycles. The van der Waals surface area contributed by atoms with Gasteiger partial charge in [-0.1, -0.05) is 30.3 Å². The van der Waals surface area contributed by atoms with Crippen molar-refractivity contribution in [1.82, 2.24) is 30.8 Å². The van der Waals surface area contributed by atoms with Gasteiger partial charge in [0, 0.05) is 23.6 Å². The molecule has 4 N–H and O–H groups in total. The zero-order valence-corrected chi connectivity index (χ0v) is 14.5. The zero-order chi connectivity index (χ0) is 18.8. The number of aromatic nitrogens is 6. The van der Waals surface area contributed by atoms with E-state index in [0.29, 0.717) is 5.82 Å². The normalized spacial score (nSPS) is 12.3. The summed E-state index contributed by atoms with van der Waals surface area (Å²) in [7, 11) is 1.54. The summed E-state index contributed by atoms with van der Waals surface area (Å²) >= 11 is 0. The van der Waals surface area contributed by atoms with Crippen LogP contribution >= 0.6 is 0 Å². The van der Waals surface area contributed by atoms with Crippen molar-refractivity contribution in [3.63, 3.8) is 0 Å². The summed E-state index contributed by atoms with van der Waals surface area (Å²) in [6.07, 6.45) is -0.485. The number of carbonyl (C=O) groups is 1. The third kappa shape index (κ3) is 3.15. The summed E-state index contributed by atoms with van der Waals surface area (Å²) in [5.41, 5.74) is 9.47. The van der Waals surface area contributed by atoms with Gasteiger partial charge in [0.25, 0.3) is 0 Å². The molecule has 1 atom stereocenters. The average Bonchev–Trinajstić information content (AvgIpc) is 3.35. The number of methoxy groups -OCH3 is 1. The Balaban J connectivity index is 1.91. The molecule has 0 saturated heterocycles. The van der Waals surface area contributed by atoms with Gasteiger partial charge in [-0.3, -0.25) is 9.89 Å². The van der Waals surface area contributed by atoms with E-state index in [-0.39, 0.29) is 6.42 Å². The minimum Gasteiger partial charge on any atom is -0.376 e. The lowest BCUT2D eigenvalue weighted by Crippen LogP contribution is -2.17. The van der Waals surface area contributed by atoms with Gasteiger partial charge in [0.1, 0.15) is 5.69 Å². The van der Waals surface area contributed by atoms with Gasteiger partial charge in [-0.25, -0.2) is 0 Å². The summed E-state index contributed by atoms with van der Waals surface area (Å²) in [4.78, 5) is 11.5. The molecule has 0 fully saturated rings. The van der Waals surface area contributed by atoms with Crippen molar-refractivity contribution < 1.29 is 9.53 Å². The molecule has 9 heteroatoms. The minimum atomic E-state index is -0.528. The zero-order valence-electron chi connectivity index (χ0n) is 14.5. The lowest BCUT2D eigenvalue weighted by Gasteiger charge is -2.18. The van der Waals surface area contributed by atoms with Gasteiger partial charge in [-0.2, -0.15) is 10.3 Å². The van der Waals surface area contributed by atoms with Crippen LogP contribution in [0.5, 0.6) is 0 Å². The van der Waals surface area contributed by atoms with E-state index in [9.17, 15) is 4.79 Å². The van der Waals surface area contributed by atoms with Gasteiger partial charge < -0.3 is 10.5 Å². The second-order valence-electron chi connectivity index (χ2n) is 6.05. The Morgan fingerprint density at radius 3 is 2.81 bits per heavy atom. The van der Waals surface area contributed by atoms with Crippen LogP contribution in [0, 0.1) is 0 Å². The highest BCUT2D eigenvalue weighted by Gasteiger charge is 2.22. The highest BCUT2D eigenvalue weighted by atomic mass is 16.5. The Kier molecular flexibility index (Phi) is 4.35. The molecule has 0 radical (unpaired) electrons. The molecule has 1 unspecified atom stereocenters. The molecule has 0 bridgehead atoms. The molecule has 4 rings (SSSR count). The van der Waals surface area contributed by atoms with Crippen molar-refractivity contribution >= 4 is 16.8 Å². The Bertz CT molecular complexity index is 1090. The third-order valence-electron chi connectivity index (χ3n) is 4.40. The standard InChI is InChI=1S/C18H17N7O2/c1-27-15(9-16(19)26)13-8-10(18-22-24-25-23-18)6-7-11(13)17-12-4-2-3-5-14(12)20-21-17/h2-8,15H,9H2,1H3,(H2,19,26)(H,20,21)(H,22,23,24,25). The maximum absolute atomic E-state index is 11.5. The van der Waals surface area contributed by atoms with Crippen LogP contribution < -0.4 is 5.73 Å². The number of primary amides is 1. The van der Waals surface area contributed by atoms with Gasteiger partial charge in [0.15, 0.2) is 0 Å². The molecule has 136 valence electrons. The average molecular weight is 363 g/mol. The highest BCUT2D eigenvalue weighted by Crippen LogP contribution is 2.36. The number of nitrogens with two attached hydrogens (primary N) is 1. The van der Waals surface area contributed by atoms with Crippen molar-refractivity contribution in [2.45, 2.75) is 12.5 Å². The van der Waals surface area contributed by atoms with E-state index in [1.807, 2.05) is 42.5 Å². The molecule has 0 aliphatic rings. The SMILES string of the molecule is COC(CC(N)=O)c1cc(-c2nn[nH]n2)ccc1-c1n[nH]c2ccccc12. The fourth-order valence-corrected chi connectivity index (χ4v) is 3.14. The first-order chi connectivity index (χ1) is 13.2. The van der Waals surface area contributed by atoms with Gasteiger partial charge in [-0.15, -0.1) is 10.2 Å². The Morgan fingerprint density at radius 1 is 1.22 bits per heavy atom. The second kappa shape index (κ2) is 6.96. The largest absolute Gasteiger partial charge is 0.376 e. The fourth-order valence-electron chi connectivity index (χ4n) is 3.14. The van der Waals surface area contributed by atoms with E-state index in [2.05, 4.69) is 30.8 Å². The molecule has 2 aromatic carbocycles. The highest BCUT2D eigenvalue weighted by molar-refractivity contribution is 5.94. The number of hydrogen-bond donors (Lipinski definition) is 3. The van der Waals surface area contributed by atoms with E-state index in [0.717, 1.165) is 33.3 Å². The van der Waals surface area contributed by atoms with E-state index in [1.54, 1.807) is 7.11 Å². The van der Waals surface area contributed by atoms with Crippen LogP contribution in [0.25, 0.3) is 33.5 Å². The first-order valence-electron chi connectivity index (χ1n) is 8.29. The van der Waals surface area contributed by atoms with E-state index in [1.165, 1.54) is 0 Å². The fraction of sp³-hybridized carbons (Fsp3) is 0.167. The predicted octanol–water partition coefficient (Wildman–Crippen LogP) is 1.97. The number of fused-ring (bicyclic) bond motifs is 1. The van der Waals surface area contributed by atoms with Crippen LogP contribution in [0.4, 0.5) is 0 Å². The summed E-state index contributed by atoms with van der Waals surface area (Å²) in [6, 6.07) is 13.5. The van der Waals surface area contributed by atoms with Crippen molar-refractivity contribution in [3.8, 4) is 22.6 Å². The van der Waals surface area contributed by atoms with Gasteiger partial charge in [-0.05, 0) is 22.9 Å². The molecule has 27 heavy (non-hydrogen) atoms. The van der Waals surface area contributed by atoms with Crippen LogP contribution in [0.15, 0.2) is 42.5 Å². The van der Waals surface area contributed by atoms with Crippen LogP contribution in [-0.4, -0.2) is 43.8 Å². The number of H-pyrrole nitrogens is 2.